The Bertz CT molecular complexity index is 714. The molecular weight excluding hydrogens is 244 g/mol. The van der Waals surface area contributed by atoms with Crippen LogP contribution in [0.25, 0.3) is 21.9 Å². The Morgan fingerprint density at radius 2 is 1.72 bits per heavy atom. The van der Waals surface area contributed by atoms with Crippen LogP contribution in [0, 0.1) is 0 Å². The molecular formula is C15H10O2S. The zero-order chi connectivity index (χ0) is 12.5. The summed E-state index contributed by atoms with van der Waals surface area (Å²) < 4.78 is 0. The van der Waals surface area contributed by atoms with Crippen LogP contribution in [0.5, 0.6) is 0 Å². The average Bonchev–Trinajstić information content (AvgIpc) is 2.91. The Balaban J connectivity index is 2.14. The monoisotopic (exact) mass is 254 g/mol. The number of hydrogen-bond acceptors (Lipinski definition) is 2. The summed E-state index contributed by atoms with van der Waals surface area (Å²) in [6.45, 7) is 0. The largest absolute Gasteiger partial charge is 0.478 e. The van der Waals surface area contributed by atoms with Crippen LogP contribution in [0.4, 0.5) is 0 Å². The minimum Gasteiger partial charge on any atom is -0.478 e. The Labute approximate surface area is 108 Å². The number of carboxylic acids is 1. The molecule has 3 rings (SSSR count). The Hall–Kier alpha value is -2.13. The predicted molar refractivity (Wildman–Crippen MR) is 74.2 cm³/mol. The third-order valence-corrected chi connectivity index (χ3v) is 3.62. The van der Waals surface area contributed by atoms with Gasteiger partial charge in [-0.05, 0) is 56.9 Å². The van der Waals surface area contributed by atoms with Crippen molar-refractivity contribution in [1.29, 1.82) is 0 Å². The van der Waals surface area contributed by atoms with Crippen LogP contribution in [0.15, 0.2) is 53.2 Å². The predicted octanol–water partition coefficient (Wildman–Crippen LogP) is 4.27. The lowest BCUT2D eigenvalue weighted by Crippen LogP contribution is -1.95. The summed E-state index contributed by atoms with van der Waals surface area (Å²) in [5, 5.41) is 15.1. The van der Waals surface area contributed by atoms with E-state index < -0.39 is 5.97 Å². The van der Waals surface area contributed by atoms with Crippen molar-refractivity contribution < 1.29 is 9.90 Å². The Morgan fingerprint density at radius 1 is 0.944 bits per heavy atom. The van der Waals surface area contributed by atoms with Crippen LogP contribution < -0.4 is 0 Å². The molecule has 0 atom stereocenters. The summed E-state index contributed by atoms with van der Waals surface area (Å²) in [7, 11) is 0. The molecule has 0 bridgehead atoms. The highest BCUT2D eigenvalue weighted by Gasteiger charge is 2.05. The van der Waals surface area contributed by atoms with Gasteiger partial charge >= 0.3 is 5.97 Å². The smallest absolute Gasteiger partial charge is 0.335 e. The van der Waals surface area contributed by atoms with E-state index in [0.717, 1.165) is 16.3 Å². The number of fused-ring (bicyclic) bond motifs is 1. The minimum atomic E-state index is -0.890. The first kappa shape index (κ1) is 11.0. The van der Waals surface area contributed by atoms with Crippen molar-refractivity contribution in [2.75, 3.05) is 0 Å². The first-order valence-corrected chi connectivity index (χ1v) is 6.48. The molecule has 0 unspecified atom stereocenters. The van der Waals surface area contributed by atoms with Crippen molar-refractivity contribution in [3.8, 4) is 11.1 Å². The molecule has 0 saturated carbocycles. The first-order chi connectivity index (χ1) is 8.74. The average molecular weight is 254 g/mol. The maximum atomic E-state index is 10.9. The van der Waals surface area contributed by atoms with Crippen LogP contribution in [-0.2, 0) is 0 Å². The van der Waals surface area contributed by atoms with Crippen molar-refractivity contribution in [2.24, 2.45) is 0 Å². The lowest BCUT2D eigenvalue weighted by atomic mass is 10.0. The lowest BCUT2D eigenvalue weighted by molar-refractivity contribution is 0.0697. The number of thiophene rings is 1. The molecule has 0 aliphatic heterocycles. The Morgan fingerprint density at radius 3 is 2.44 bits per heavy atom. The summed E-state index contributed by atoms with van der Waals surface area (Å²) in [6.07, 6.45) is 0. The molecule has 2 nitrogen and oxygen atoms in total. The van der Waals surface area contributed by atoms with E-state index >= 15 is 0 Å². The number of carbonyl (C=O) groups is 1. The third kappa shape index (κ3) is 1.89. The van der Waals surface area contributed by atoms with Gasteiger partial charge in [0, 0.05) is 0 Å². The molecule has 0 aliphatic rings. The molecule has 0 spiro atoms. The standard InChI is InChI=1S/C15H10O2S/c16-15(17)13-4-3-10-7-12(2-1-11(10)8-13)14-5-6-18-9-14/h1-9H,(H,16,17). The molecule has 1 aromatic heterocycles. The van der Waals surface area contributed by atoms with Gasteiger partial charge in [-0.3, -0.25) is 0 Å². The SMILES string of the molecule is O=C(O)c1ccc2cc(-c3ccsc3)ccc2c1. The molecule has 18 heavy (non-hydrogen) atoms. The fourth-order valence-electron chi connectivity index (χ4n) is 1.99. The zero-order valence-corrected chi connectivity index (χ0v) is 10.3. The second-order valence-corrected chi connectivity index (χ2v) is 4.87. The van der Waals surface area contributed by atoms with E-state index in [-0.39, 0.29) is 0 Å². The van der Waals surface area contributed by atoms with Gasteiger partial charge in [0.05, 0.1) is 5.56 Å². The van der Waals surface area contributed by atoms with Crippen molar-refractivity contribution in [3.05, 3.63) is 58.8 Å². The molecule has 1 N–H and O–H groups in total. The second-order valence-electron chi connectivity index (χ2n) is 4.09. The summed E-state index contributed by atoms with van der Waals surface area (Å²) in [4.78, 5) is 10.9. The highest BCUT2D eigenvalue weighted by molar-refractivity contribution is 7.08. The highest BCUT2D eigenvalue weighted by atomic mass is 32.1. The van der Waals surface area contributed by atoms with E-state index in [9.17, 15) is 4.79 Å². The van der Waals surface area contributed by atoms with Gasteiger partial charge in [-0.2, -0.15) is 11.3 Å². The van der Waals surface area contributed by atoms with Crippen molar-refractivity contribution in [3.63, 3.8) is 0 Å². The molecule has 3 heteroatoms. The summed E-state index contributed by atoms with van der Waals surface area (Å²) in [6, 6.07) is 13.4. The van der Waals surface area contributed by atoms with Gasteiger partial charge in [-0.25, -0.2) is 4.79 Å². The highest BCUT2D eigenvalue weighted by Crippen LogP contribution is 2.26. The van der Waals surface area contributed by atoms with E-state index in [1.165, 1.54) is 5.56 Å². The topological polar surface area (TPSA) is 37.3 Å². The summed E-state index contributed by atoms with van der Waals surface area (Å²) in [5.74, 6) is -0.890. The van der Waals surface area contributed by atoms with E-state index in [1.54, 1.807) is 23.5 Å². The number of carboxylic acid groups (broad SMARTS) is 1. The number of aromatic carboxylic acids is 1. The molecule has 1 heterocycles. The van der Waals surface area contributed by atoms with E-state index in [4.69, 9.17) is 5.11 Å². The van der Waals surface area contributed by atoms with Crippen LogP contribution in [0.1, 0.15) is 10.4 Å². The maximum absolute atomic E-state index is 10.9. The van der Waals surface area contributed by atoms with Crippen molar-refractivity contribution in [2.45, 2.75) is 0 Å². The van der Waals surface area contributed by atoms with Gasteiger partial charge in [-0.15, -0.1) is 0 Å². The third-order valence-electron chi connectivity index (χ3n) is 2.94. The quantitative estimate of drug-likeness (QED) is 0.741. The van der Waals surface area contributed by atoms with Crippen LogP contribution >= 0.6 is 11.3 Å². The maximum Gasteiger partial charge on any atom is 0.335 e. The minimum absolute atomic E-state index is 0.325. The van der Waals surface area contributed by atoms with Gasteiger partial charge in [0.15, 0.2) is 0 Å². The van der Waals surface area contributed by atoms with Crippen LogP contribution in [0.2, 0.25) is 0 Å². The van der Waals surface area contributed by atoms with Gasteiger partial charge in [0.25, 0.3) is 0 Å². The molecule has 88 valence electrons. The molecule has 0 radical (unpaired) electrons. The molecule has 0 aliphatic carbocycles. The normalized spacial score (nSPS) is 10.7. The van der Waals surface area contributed by atoms with E-state index in [2.05, 4.69) is 17.5 Å². The Kier molecular flexibility index (Phi) is 2.61. The molecule has 0 saturated heterocycles. The molecule has 2 aromatic carbocycles. The van der Waals surface area contributed by atoms with E-state index in [0.29, 0.717) is 5.56 Å². The second kappa shape index (κ2) is 4.27. The first-order valence-electron chi connectivity index (χ1n) is 5.54. The van der Waals surface area contributed by atoms with Gasteiger partial charge < -0.3 is 5.11 Å². The molecule has 0 fully saturated rings. The fourth-order valence-corrected chi connectivity index (χ4v) is 2.65. The number of hydrogen-bond donors (Lipinski definition) is 1. The van der Waals surface area contributed by atoms with Crippen molar-refractivity contribution >= 4 is 28.1 Å². The lowest BCUT2D eigenvalue weighted by Gasteiger charge is -2.03. The zero-order valence-electron chi connectivity index (χ0n) is 9.46. The number of benzene rings is 2. The van der Waals surface area contributed by atoms with Gasteiger partial charge in [-0.1, -0.05) is 18.2 Å². The van der Waals surface area contributed by atoms with Crippen LogP contribution in [-0.4, -0.2) is 11.1 Å². The molecule has 0 amide bonds. The molecule has 3 aromatic rings. The van der Waals surface area contributed by atoms with Crippen molar-refractivity contribution in [1.82, 2.24) is 0 Å². The number of rotatable bonds is 2. The summed E-state index contributed by atoms with van der Waals surface area (Å²) in [5.41, 5.74) is 2.68. The van der Waals surface area contributed by atoms with Gasteiger partial charge in [0.2, 0.25) is 0 Å². The van der Waals surface area contributed by atoms with E-state index in [1.807, 2.05) is 23.6 Å². The van der Waals surface area contributed by atoms with Gasteiger partial charge in [0.1, 0.15) is 0 Å². The fraction of sp³-hybridized carbons (Fsp3) is 0. The summed E-state index contributed by atoms with van der Waals surface area (Å²) >= 11 is 1.67. The van der Waals surface area contributed by atoms with Crippen LogP contribution in [0.3, 0.4) is 0 Å².